The minimum atomic E-state index is -0.426. The number of carbonyl (C=O) groups is 2. The number of ether oxygens (including phenoxy) is 1. The first-order valence-electron chi connectivity index (χ1n) is 7.30. The third-order valence-corrected chi connectivity index (χ3v) is 5.66. The maximum Gasteiger partial charge on any atom is 0.339 e. The lowest BCUT2D eigenvalue weighted by atomic mass is 9.82. The molecule has 0 spiro atoms. The Morgan fingerprint density at radius 3 is 2.50 bits per heavy atom. The first-order valence-corrected chi connectivity index (χ1v) is 9.17. The number of hydrogen-bond acceptors (Lipinski definition) is 3. The second kappa shape index (κ2) is 7.77. The van der Waals surface area contributed by atoms with Crippen LogP contribution in [0.3, 0.4) is 0 Å². The summed E-state index contributed by atoms with van der Waals surface area (Å²) >= 11 is 5.50. The molecule has 1 aromatic rings. The van der Waals surface area contributed by atoms with Gasteiger partial charge in [0, 0.05) is 14.0 Å². The predicted molar refractivity (Wildman–Crippen MR) is 98.0 cm³/mol. The highest BCUT2D eigenvalue weighted by Crippen LogP contribution is 2.31. The summed E-state index contributed by atoms with van der Waals surface area (Å²) in [5.41, 5.74) is 1.07. The molecular weight excluding hydrogens is 461 g/mol. The molecule has 1 saturated carbocycles. The van der Waals surface area contributed by atoms with E-state index in [1.165, 1.54) is 7.11 Å². The number of amides is 1. The van der Waals surface area contributed by atoms with Crippen molar-refractivity contribution in [3.05, 3.63) is 25.7 Å². The summed E-state index contributed by atoms with van der Waals surface area (Å²) < 4.78 is 6.31. The van der Waals surface area contributed by atoms with Gasteiger partial charge in [0.05, 0.1) is 18.4 Å². The van der Waals surface area contributed by atoms with Gasteiger partial charge < -0.3 is 10.1 Å². The van der Waals surface area contributed by atoms with Crippen LogP contribution in [0.15, 0.2) is 16.6 Å². The molecule has 4 nitrogen and oxygen atoms in total. The summed E-state index contributed by atoms with van der Waals surface area (Å²) in [5.74, 6) is 0.397. The Kier molecular flexibility index (Phi) is 6.26. The van der Waals surface area contributed by atoms with E-state index in [9.17, 15) is 9.59 Å². The van der Waals surface area contributed by atoms with Crippen molar-refractivity contribution in [2.75, 3.05) is 12.4 Å². The minimum Gasteiger partial charge on any atom is -0.465 e. The zero-order valence-electron chi connectivity index (χ0n) is 12.6. The van der Waals surface area contributed by atoms with Gasteiger partial charge in [-0.15, -0.1) is 0 Å². The van der Waals surface area contributed by atoms with Crippen LogP contribution in [-0.2, 0) is 9.53 Å². The zero-order valence-corrected chi connectivity index (χ0v) is 16.4. The highest BCUT2D eigenvalue weighted by atomic mass is 127. The van der Waals surface area contributed by atoms with E-state index in [1.54, 1.807) is 6.07 Å². The van der Waals surface area contributed by atoms with Crippen LogP contribution in [0.1, 0.15) is 43.0 Å². The minimum absolute atomic E-state index is 0.0444. The second-order valence-electron chi connectivity index (χ2n) is 5.75. The number of nitrogens with one attached hydrogen (secondary N) is 1. The lowest BCUT2D eigenvalue weighted by Crippen LogP contribution is -2.27. The van der Waals surface area contributed by atoms with Crippen LogP contribution in [0.2, 0.25) is 0 Å². The summed E-state index contributed by atoms with van der Waals surface area (Å²) in [4.78, 5) is 24.2. The van der Waals surface area contributed by atoms with Crippen LogP contribution in [-0.4, -0.2) is 19.0 Å². The molecule has 22 heavy (non-hydrogen) atoms. The lowest BCUT2D eigenvalue weighted by molar-refractivity contribution is -0.121. The summed E-state index contributed by atoms with van der Waals surface area (Å²) in [7, 11) is 1.34. The van der Waals surface area contributed by atoms with Gasteiger partial charge in [-0.05, 0) is 82.3 Å². The Labute approximate surface area is 152 Å². The van der Waals surface area contributed by atoms with E-state index in [0.29, 0.717) is 21.6 Å². The molecule has 0 aromatic heterocycles. The van der Waals surface area contributed by atoms with Gasteiger partial charge in [-0.3, -0.25) is 4.79 Å². The predicted octanol–water partition coefficient (Wildman–Crippen LogP) is 4.61. The Morgan fingerprint density at radius 1 is 1.27 bits per heavy atom. The van der Waals surface area contributed by atoms with Crippen molar-refractivity contribution in [3.63, 3.8) is 0 Å². The number of hydrogen-bond donors (Lipinski definition) is 1. The average Bonchev–Trinajstić information content (AvgIpc) is 2.49. The summed E-state index contributed by atoms with van der Waals surface area (Å²) in [6, 6.07) is 3.48. The van der Waals surface area contributed by atoms with Gasteiger partial charge in [-0.2, -0.15) is 0 Å². The molecule has 1 aromatic carbocycles. The molecule has 1 amide bonds. The molecule has 0 heterocycles. The Morgan fingerprint density at radius 2 is 1.91 bits per heavy atom. The first kappa shape index (κ1) is 17.7. The Bertz CT molecular complexity index is 583. The molecular formula is C16H19BrINO3. The van der Waals surface area contributed by atoms with Crippen LogP contribution in [0, 0.1) is 15.4 Å². The first-order chi connectivity index (χ1) is 10.4. The normalized spacial score (nSPS) is 21.3. The average molecular weight is 480 g/mol. The van der Waals surface area contributed by atoms with Gasteiger partial charge in [0.1, 0.15) is 0 Å². The largest absolute Gasteiger partial charge is 0.465 e. The third-order valence-electron chi connectivity index (χ3n) is 4.11. The molecule has 0 aliphatic heterocycles. The fourth-order valence-corrected chi connectivity index (χ4v) is 4.20. The van der Waals surface area contributed by atoms with Crippen molar-refractivity contribution in [1.29, 1.82) is 0 Å². The molecule has 0 bridgehead atoms. The molecule has 0 unspecified atom stereocenters. The van der Waals surface area contributed by atoms with Crippen molar-refractivity contribution >= 4 is 56.1 Å². The number of methoxy groups -OCH3 is 1. The van der Waals surface area contributed by atoms with Gasteiger partial charge in [-0.1, -0.05) is 6.92 Å². The lowest BCUT2D eigenvalue weighted by Gasteiger charge is -2.25. The smallest absolute Gasteiger partial charge is 0.339 e. The van der Waals surface area contributed by atoms with Crippen LogP contribution in [0.5, 0.6) is 0 Å². The molecule has 120 valence electrons. The number of halogens is 2. The number of esters is 1. The molecule has 0 radical (unpaired) electrons. The monoisotopic (exact) mass is 479 g/mol. The maximum absolute atomic E-state index is 12.4. The van der Waals surface area contributed by atoms with Crippen LogP contribution < -0.4 is 5.32 Å². The van der Waals surface area contributed by atoms with Crippen molar-refractivity contribution in [1.82, 2.24) is 0 Å². The van der Waals surface area contributed by atoms with Crippen molar-refractivity contribution in [3.8, 4) is 0 Å². The van der Waals surface area contributed by atoms with Crippen LogP contribution in [0.25, 0.3) is 0 Å². The Hall–Kier alpha value is -0.630. The van der Waals surface area contributed by atoms with Crippen molar-refractivity contribution in [2.45, 2.75) is 32.6 Å². The molecule has 6 heteroatoms. The molecule has 1 N–H and O–H groups in total. The van der Waals surface area contributed by atoms with E-state index in [-0.39, 0.29) is 11.8 Å². The fraction of sp³-hybridized carbons (Fsp3) is 0.500. The number of rotatable bonds is 3. The summed E-state index contributed by atoms with van der Waals surface area (Å²) in [6.07, 6.45) is 4.07. The van der Waals surface area contributed by atoms with E-state index >= 15 is 0 Å². The quantitative estimate of drug-likeness (QED) is 0.509. The van der Waals surface area contributed by atoms with Gasteiger partial charge >= 0.3 is 5.97 Å². The molecule has 2 rings (SSSR count). The maximum atomic E-state index is 12.4. The molecule has 1 fully saturated rings. The highest BCUT2D eigenvalue weighted by molar-refractivity contribution is 14.1. The summed E-state index contributed by atoms with van der Waals surface area (Å²) in [6.45, 7) is 2.23. The van der Waals surface area contributed by atoms with Crippen LogP contribution >= 0.6 is 38.5 Å². The molecule has 1 aliphatic carbocycles. The molecule has 1 aliphatic rings. The number of benzene rings is 1. The number of carbonyl (C=O) groups excluding carboxylic acids is 2. The van der Waals surface area contributed by atoms with Gasteiger partial charge in [0.25, 0.3) is 0 Å². The zero-order chi connectivity index (χ0) is 16.3. The van der Waals surface area contributed by atoms with E-state index in [2.05, 4.69) is 50.8 Å². The SMILES string of the molecule is COC(=O)c1cc(NC(=O)C2CCC(C)CC2)c(I)cc1Br. The topological polar surface area (TPSA) is 55.4 Å². The van der Waals surface area contributed by atoms with Gasteiger partial charge in [-0.25, -0.2) is 4.79 Å². The second-order valence-corrected chi connectivity index (χ2v) is 7.77. The van der Waals surface area contributed by atoms with E-state index in [4.69, 9.17) is 4.74 Å². The standard InChI is InChI=1S/C16H19BrINO3/c1-9-3-5-10(6-4-9)15(20)19-14-7-11(16(21)22-2)12(17)8-13(14)18/h7-10H,3-6H2,1-2H3,(H,19,20). The van der Waals surface area contributed by atoms with E-state index in [0.717, 1.165) is 29.3 Å². The van der Waals surface area contributed by atoms with Crippen molar-refractivity contribution < 1.29 is 14.3 Å². The van der Waals surface area contributed by atoms with Crippen LogP contribution in [0.4, 0.5) is 5.69 Å². The van der Waals surface area contributed by atoms with E-state index in [1.807, 2.05) is 6.07 Å². The molecule has 0 saturated heterocycles. The van der Waals surface area contributed by atoms with Gasteiger partial charge in [0.15, 0.2) is 0 Å². The van der Waals surface area contributed by atoms with E-state index < -0.39 is 5.97 Å². The van der Waals surface area contributed by atoms with Crippen molar-refractivity contribution in [2.24, 2.45) is 11.8 Å². The summed E-state index contributed by atoms with van der Waals surface area (Å²) in [5, 5.41) is 2.97. The molecule has 0 atom stereocenters. The highest BCUT2D eigenvalue weighted by Gasteiger charge is 2.25. The Balaban J connectivity index is 2.15. The number of anilines is 1. The third kappa shape index (κ3) is 4.22. The van der Waals surface area contributed by atoms with Gasteiger partial charge in [0.2, 0.25) is 5.91 Å². The fourth-order valence-electron chi connectivity index (χ4n) is 2.67.